The van der Waals surface area contributed by atoms with Crippen molar-refractivity contribution in [3.05, 3.63) is 44.6 Å². The second-order valence-electron chi connectivity index (χ2n) is 6.84. The minimum Gasteiger partial charge on any atom is -0.379 e. The maximum Gasteiger partial charge on any atom is 0.234 e. The van der Waals surface area contributed by atoms with Gasteiger partial charge in [-0.3, -0.25) is 14.6 Å². The van der Waals surface area contributed by atoms with Gasteiger partial charge < -0.3 is 4.74 Å². The zero-order chi connectivity index (χ0) is 20.2. The van der Waals surface area contributed by atoms with E-state index in [0.717, 1.165) is 59.5 Å². The zero-order valence-electron chi connectivity index (χ0n) is 16.2. The van der Waals surface area contributed by atoms with Crippen molar-refractivity contribution in [2.24, 2.45) is 0 Å². The van der Waals surface area contributed by atoms with Crippen LogP contribution < -0.4 is 4.90 Å². The van der Waals surface area contributed by atoms with E-state index in [1.165, 1.54) is 22.7 Å². The Bertz CT molecular complexity index is 989. The molecule has 0 N–H and O–H groups in total. The summed E-state index contributed by atoms with van der Waals surface area (Å²) >= 11 is 15.1. The standard InChI is InChI=1S/C20H21Cl2N3O2S2.ClH/c21-14-2-4-16-17(12-14)29-20(23-16)25(7-1-6-24-8-10-27-11-9-24)19(26)13-15-3-5-18(22)28-15;/h2-5,12H,1,6-11,13H2;1H. The quantitative estimate of drug-likeness (QED) is 0.431. The van der Waals surface area contributed by atoms with E-state index < -0.39 is 0 Å². The molecule has 10 heteroatoms. The fourth-order valence-corrected chi connectivity index (χ4v) is 5.66. The molecule has 0 spiro atoms. The lowest BCUT2D eigenvalue weighted by Gasteiger charge is -2.27. The van der Waals surface area contributed by atoms with Gasteiger partial charge in [-0.1, -0.05) is 34.5 Å². The van der Waals surface area contributed by atoms with E-state index in [1.54, 1.807) is 0 Å². The van der Waals surface area contributed by atoms with Crippen molar-refractivity contribution >= 4 is 79.5 Å². The van der Waals surface area contributed by atoms with Gasteiger partial charge in [-0.05, 0) is 36.8 Å². The Morgan fingerprint density at radius 1 is 1.17 bits per heavy atom. The van der Waals surface area contributed by atoms with Crippen LogP contribution in [0, 0.1) is 0 Å². The number of benzene rings is 1. The lowest BCUT2D eigenvalue weighted by atomic mass is 10.3. The average Bonchev–Trinajstić information content (AvgIpc) is 3.31. The summed E-state index contributed by atoms with van der Waals surface area (Å²) in [7, 11) is 0. The molecule has 1 aliphatic rings. The Morgan fingerprint density at radius 2 is 1.97 bits per heavy atom. The van der Waals surface area contributed by atoms with Crippen molar-refractivity contribution < 1.29 is 9.53 Å². The first-order chi connectivity index (χ1) is 14.1. The Balaban J connectivity index is 0.00000256. The van der Waals surface area contributed by atoms with Gasteiger partial charge in [0.05, 0.1) is 34.2 Å². The number of hydrogen-bond donors (Lipinski definition) is 0. The number of amides is 1. The molecule has 0 unspecified atom stereocenters. The van der Waals surface area contributed by atoms with E-state index in [0.29, 0.717) is 22.3 Å². The van der Waals surface area contributed by atoms with Crippen molar-refractivity contribution in [2.45, 2.75) is 12.8 Å². The molecular formula is C20H22Cl3N3O2S2. The monoisotopic (exact) mass is 505 g/mol. The Kier molecular flexibility index (Phi) is 8.77. The van der Waals surface area contributed by atoms with Gasteiger partial charge in [-0.25, -0.2) is 4.98 Å². The first kappa shape index (κ1) is 23.7. The van der Waals surface area contributed by atoms with Crippen LogP contribution in [0.5, 0.6) is 0 Å². The van der Waals surface area contributed by atoms with Crippen LogP contribution in [-0.2, 0) is 16.0 Å². The molecule has 3 aromatic rings. The topological polar surface area (TPSA) is 45.7 Å². The van der Waals surface area contributed by atoms with Gasteiger partial charge in [-0.15, -0.1) is 23.7 Å². The van der Waals surface area contributed by atoms with E-state index in [9.17, 15) is 4.79 Å². The summed E-state index contributed by atoms with van der Waals surface area (Å²) in [5.41, 5.74) is 0.861. The smallest absolute Gasteiger partial charge is 0.234 e. The van der Waals surface area contributed by atoms with E-state index in [2.05, 4.69) is 4.90 Å². The Labute approximate surface area is 200 Å². The predicted octanol–water partition coefficient (Wildman–Crippen LogP) is 5.38. The minimum absolute atomic E-state index is 0. The summed E-state index contributed by atoms with van der Waals surface area (Å²) < 4.78 is 7.09. The molecule has 0 atom stereocenters. The van der Waals surface area contributed by atoms with Crippen LogP contribution in [0.1, 0.15) is 11.3 Å². The van der Waals surface area contributed by atoms with Gasteiger partial charge in [-0.2, -0.15) is 0 Å². The Hall–Kier alpha value is -0.930. The highest BCUT2D eigenvalue weighted by atomic mass is 35.5. The molecule has 0 radical (unpaired) electrons. The average molecular weight is 507 g/mol. The van der Waals surface area contributed by atoms with Crippen LogP contribution in [0.15, 0.2) is 30.3 Å². The number of nitrogens with zero attached hydrogens (tertiary/aromatic N) is 3. The number of anilines is 1. The number of fused-ring (bicyclic) bond motifs is 1. The minimum atomic E-state index is 0. The number of carbonyl (C=O) groups excluding carboxylic acids is 1. The maximum atomic E-state index is 13.1. The second-order valence-corrected chi connectivity index (χ2v) is 10.1. The fourth-order valence-electron chi connectivity index (χ4n) is 3.30. The molecule has 0 bridgehead atoms. The fraction of sp³-hybridized carbons (Fsp3) is 0.400. The third-order valence-electron chi connectivity index (χ3n) is 4.79. The number of ether oxygens (including phenoxy) is 1. The molecule has 1 aromatic carbocycles. The van der Waals surface area contributed by atoms with Gasteiger partial charge in [0.15, 0.2) is 5.13 Å². The third-order valence-corrected chi connectivity index (χ3v) is 7.29. The molecule has 4 rings (SSSR count). The highest BCUT2D eigenvalue weighted by molar-refractivity contribution is 7.22. The van der Waals surface area contributed by atoms with Crippen LogP contribution >= 0.6 is 58.3 Å². The van der Waals surface area contributed by atoms with Crippen molar-refractivity contribution in [3.63, 3.8) is 0 Å². The molecule has 2 aromatic heterocycles. The van der Waals surface area contributed by atoms with Crippen molar-refractivity contribution in [3.8, 4) is 0 Å². The molecule has 162 valence electrons. The van der Waals surface area contributed by atoms with E-state index >= 15 is 0 Å². The molecule has 1 aliphatic heterocycles. The summed E-state index contributed by atoms with van der Waals surface area (Å²) in [5.74, 6) is 0.0376. The molecule has 5 nitrogen and oxygen atoms in total. The number of rotatable bonds is 7. The Morgan fingerprint density at radius 3 is 2.70 bits per heavy atom. The summed E-state index contributed by atoms with van der Waals surface area (Å²) in [5, 5.41) is 1.39. The molecule has 0 aliphatic carbocycles. The highest BCUT2D eigenvalue weighted by Gasteiger charge is 2.21. The molecule has 1 fully saturated rings. The molecule has 1 amide bonds. The molecular weight excluding hydrogens is 485 g/mol. The van der Waals surface area contributed by atoms with Crippen molar-refractivity contribution in [2.75, 3.05) is 44.3 Å². The normalized spacial score (nSPS) is 14.6. The number of halogens is 3. The van der Waals surface area contributed by atoms with Crippen molar-refractivity contribution in [1.82, 2.24) is 9.88 Å². The van der Waals surface area contributed by atoms with Gasteiger partial charge in [0.2, 0.25) is 5.91 Å². The highest BCUT2D eigenvalue weighted by Crippen LogP contribution is 2.32. The van der Waals surface area contributed by atoms with Crippen LogP contribution in [-0.4, -0.2) is 55.2 Å². The maximum absolute atomic E-state index is 13.1. The van der Waals surface area contributed by atoms with Gasteiger partial charge in [0, 0.05) is 36.1 Å². The number of aromatic nitrogens is 1. The summed E-state index contributed by atoms with van der Waals surface area (Å²) in [6.45, 7) is 5.01. The molecule has 0 saturated carbocycles. The number of thiazole rings is 1. The molecule has 3 heterocycles. The third kappa shape index (κ3) is 6.07. The van der Waals surface area contributed by atoms with Crippen LogP contribution in [0.25, 0.3) is 10.2 Å². The van der Waals surface area contributed by atoms with E-state index in [-0.39, 0.29) is 18.3 Å². The lowest BCUT2D eigenvalue weighted by molar-refractivity contribution is -0.118. The SMILES string of the molecule is Cl.O=C(Cc1ccc(Cl)s1)N(CCCN1CCOCC1)c1nc2ccc(Cl)cc2s1. The summed E-state index contributed by atoms with van der Waals surface area (Å²) in [6.07, 6.45) is 1.21. The van der Waals surface area contributed by atoms with E-state index in [4.69, 9.17) is 32.9 Å². The first-order valence-electron chi connectivity index (χ1n) is 9.49. The van der Waals surface area contributed by atoms with Gasteiger partial charge >= 0.3 is 0 Å². The van der Waals surface area contributed by atoms with Gasteiger partial charge in [0.25, 0.3) is 0 Å². The van der Waals surface area contributed by atoms with Crippen LogP contribution in [0.4, 0.5) is 5.13 Å². The first-order valence-corrected chi connectivity index (χ1v) is 11.9. The number of hydrogen-bond acceptors (Lipinski definition) is 6. The number of morpholine rings is 1. The summed E-state index contributed by atoms with van der Waals surface area (Å²) in [6, 6.07) is 9.36. The van der Waals surface area contributed by atoms with E-state index in [1.807, 2.05) is 35.2 Å². The largest absolute Gasteiger partial charge is 0.379 e. The lowest BCUT2D eigenvalue weighted by Crippen LogP contribution is -2.39. The zero-order valence-corrected chi connectivity index (χ0v) is 20.1. The predicted molar refractivity (Wildman–Crippen MR) is 129 cm³/mol. The van der Waals surface area contributed by atoms with Crippen LogP contribution in [0.3, 0.4) is 0 Å². The molecule has 30 heavy (non-hydrogen) atoms. The number of thiophene rings is 1. The summed E-state index contributed by atoms with van der Waals surface area (Å²) in [4.78, 5) is 23.0. The number of carbonyl (C=O) groups is 1. The molecule has 1 saturated heterocycles. The second kappa shape index (κ2) is 11.1. The van der Waals surface area contributed by atoms with Crippen LogP contribution in [0.2, 0.25) is 9.36 Å². The van der Waals surface area contributed by atoms with Crippen molar-refractivity contribution in [1.29, 1.82) is 0 Å². The van der Waals surface area contributed by atoms with Gasteiger partial charge in [0.1, 0.15) is 0 Å².